The molecule has 1 aliphatic rings. The van der Waals surface area contributed by atoms with E-state index in [4.69, 9.17) is 4.74 Å². The van der Waals surface area contributed by atoms with Crippen LogP contribution in [0.3, 0.4) is 0 Å². The highest BCUT2D eigenvalue weighted by atomic mass is 16.5. The molecule has 3 rings (SSSR count). The van der Waals surface area contributed by atoms with Gasteiger partial charge in [0.1, 0.15) is 6.61 Å². The van der Waals surface area contributed by atoms with Crippen molar-refractivity contribution in [3.8, 4) is 0 Å². The molecule has 0 N–H and O–H groups in total. The monoisotopic (exact) mass is 295 g/mol. The fraction of sp³-hybridized carbons (Fsp3) is 0.316. The van der Waals surface area contributed by atoms with E-state index in [0.29, 0.717) is 6.61 Å². The minimum atomic E-state index is -0.144. The number of hydrogen-bond acceptors (Lipinski definition) is 2. The lowest BCUT2D eigenvalue weighted by molar-refractivity contribution is -0.148. The molecule has 114 valence electrons. The number of allylic oxidation sites excluding steroid dienone is 1. The number of ether oxygens (including phenoxy) is 1. The SMILES string of the molecule is Cc1ccc(C)n1C1C=C[C@@H](C(=O)OCc2ccccc2)C1. The Kier molecular flexibility index (Phi) is 4.14. The summed E-state index contributed by atoms with van der Waals surface area (Å²) in [4.78, 5) is 12.2. The molecule has 1 aliphatic carbocycles. The Labute approximate surface area is 131 Å². The summed E-state index contributed by atoms with van der Waals surface area (Å²) in [7, 11) is 0. The van der Waals surface area contributed by atoms with Crippen molar-refractivity contribution in [2.75, 3.05) is 0 Å². The summed E-state index contributed by atoms with van der Waals surface area (Å²) in [6.07, 6.45) is 4.88. The summed E-state index contributed by atoms with van der Waals surface area (Å²) in [5.74, 6) is -0.278. The zero-order chi connectivity index (χ0) is 15.5. The van der Waals surface area contributed by atoms with E-state index in [1.807, 2.05) is 36.4 Å². The maximum Gasteiger partial charge on any atom is 0.313 e. The van der Waals surface area contributed by atoms with Crippen molar-refractivity contribution in [3.05, 3.63) is 71.6 Å². The van der Waals surface area contributed by atoms with Gasteiger partial charge in [0, 0.05) is 11.4 Å². The lowest BCUT2D eigenvalue weighted by atomic mass is 10.1. The fourth-order valence-electron chi connectivity index (χ4n) is 3.08. The van der Waals surface area contributed by atoms with Crippen molar-refractivity contribution >= 4 is 5.97 Å². The van der Waals surface area contributed by atoms with Gasteiger partial charge in [-0.25, -0.2) is 0 Å². The van der Waals surface area contributed by atoms with E-state index < -0.39 is 0 Å². The van der Waals surface area contributed by atoms with Crippen LogP contribution in [0.2, 0.25) is 0 Å². The minimum absolute atomic E-state index is 0.134. The van der Waals surface area contributed by atoms with E-state index in [0.717, 1.165) is 12.0 Å². The van der Waals surface area contributed by atoms with Crippen LogP contribution in [0.1, 0.15) is 29.4 Å². The zero-order valence-electron chi connectivity index (χ0n) is 13.0. The van der Waals surface area contributed by atoms with Gasteiger partial charge in [0.15, 0.2) is 0 Å². The highest BCUT2D eigenvalue weighted by molar-refractivity contribution is 5.75. The third kappa shape index (κ3) is 2.98. The molecule has 1 heterocycles. The molecule has 3 nitrogen and oxygen atoms in total. The molecule has 22 heavy (non-hydrogen) atoms. The van der Waals surface area contributed by atoms with E-state index in [2.05, 4.69) is 36.6 Å². The zero-order valence-corrected chi connectivity index (χ0v) is 13.0. The number of aryl methyl sites for hydroxylation is 2. The van der Waals surface area contributed by atoms with Gasteiger partial charge in [-0.05, 0) is 38.0 Å². The number of esters is 1. The number of nitrogens with zero attached hydrogens (tertiary/aromatic N) is 1. The summed E-state index contributed by atoms with van der Waals surface area (Å²) in [6, 6.07) is 14.3. The Balaban J connectivity index is 1.59. The first-order valence-electron chi connectivity index (χ1n) is 7.68. The number of carbonyl (C=O) groups excluding carboxylic acids is 1. The van der Waals surface area contributed by atoms with Gasteiger partial charge in [-0.3, -0.25) is 4.79 Å². The van der Waals surface area contributed by atoms with Gasteiger partial charge in [0.05, 0.1) is 12.0 Å². The summed E-state index contributed by atoms with van der Waals surface area (Å²) in [6.45, 7) is 4.54. The average Bonchev–Trinajstić information content (AvgIpc) is 3.13. The summed E-state index contributed by atoms with van der Waals surface area (Å²) in [5, 5.41) is 0. The number of hydrogen-bond donors (Lipinski definition) is 0. The summed E-state index contributed by atoms with van der Waals surface area (Å²) < 4.78 is 7.72. The van der Waals surface area contributed by atoms with Crippen molar-refractivity contribution in [2.45, 2.75) is 32.9 Å². The van der Waals surface area contributed by atoms with Crippen LogP contribution in [-0.4, -0.2) is 10.5 Å². The molecular formula is C19H21NO2. The second-order valence-corrected chi connectivity index (χ2v) is 5.87. The molecule has 2 aromatic rings. The van der Waals surface area contributed by atoms with Crippen LogP contribution in [0, 0.1) is 19.8 Å². The average molecular weight is 295 g/mol. The molecule has 0 amide bonds. The van der Waals surface area contributed by atoms with Gasteiger partial charge in [-0.2, -0.15) is 0 Å². The van der Waals surface area contributed by atoms with Crippen molar-refractivity contribution in [1.82, 2.24) is 4.57 Å². The highest BCUT2D eigenvalue weighted by Gasteiger charge is 2.28. The topological polar surface area (TPSA) is 31.2 Å². The van der Waals surface area contributed by atoms with E-state index in [-0.39, 0.29) is 17.9 Å². The van der Waals surface area contributed by atoms with Crippen LogP contribution in [0.5, 0.6) is 0 Å². The van der Waals surface area contributed by atoms with E-state index in [1.165, 1.54) is 11.4 Å². The first-order valence-corrected chi connectivity index (χ1v) is 7.68. The maximum atomic E-state index is 12.2. The number of benzene rings is 1. The first kappa shape index (κ1) is 14.6. The van der Waals surface area contributed by atoms with Gasteiger partial charge in [-0.15, -0.1) is 0 Å². The molecular weight excluding hydrogens is 274 g/mol. The van der Waals surface area contributed by atoms with Crippen LogP contribution in [-0.2, 0) is 16.1 Å². The smallest absolute Gasteiger partial charge is 0.313 e. The van der Waals surface area contributed by atoms with Gasteiger partial charge in [0.2, 0.25) is 0 Å². The quantitative estimate of drug-likeness (QED) is 0.631. The normalized spacial score (nSPS) is 20.3. The van der Waals surface area contributed by atoms with Crippen LogP contribution >= 0.6 is 0 Å². The van der Waals surface area contributed by atoms with Crippen molar-refractivity contribution in [1.29, 1.82) is 0 Å². The summed E-state index contributed by atoms with van der Waals surface area (Å²) >= 11 is 0. The van der Waals surface area contributed by atoms with Crippen molar-refractivity contribution in [3.63, 3.8) is 0 Å². The molecule has 0 fully saturated rings. The molecule has 2 atom stereocenters. The second kappa shape index (κ2) is 6.22. The Morgan fingerprint density at radius 3 is 2.45 bits per heavy atom. The van der Waals surface area contributed by atoms with E-state index in [1.54, 1.807) is 0 Å². The molecule has 0 saturated heterocycles. The molecule has 0 radical (unpaired) electrons. The predicted molar refractivity (Wildman–Crippen MR) is 86.4 cm³/mol. The minimum Gasteiger partial charge on any atom is -0.460 e. The Bertz CT molecular complexity index is 665. The second-order valence-electron chi connectivity index (χ2n) is 5.87. The van der Waals surface area contributed by atoms with Crippen LogP contribution in [0.4, 0.5) is 0 Å². The molecule has 3 heteroatoms. The molecule has 0 saturated carbocycles. The Hall–Kier alpha value is -2.29. The third-order valence-electron chi connectivity index (χ3n) is 4.25. The number of rotatable bonds is 4. The lowest BCUT2D eigenvalue weighted by Crippen LogP contribution is -2.17. The Morgan fingerprint density at radius 1 is 1.09 bits per heavy atom. The van der Waals surface area contributed by atoms with E-state index in [9.17, 15) is 4.79 Å². The number of carbonyl (C=O) groups is 1. The lowest BCUT2D eigenvalue weighted by Gasteiger charge is -2.17. The molecule has 1 unspecified atom stereocenters. The van der Waals surface area contributed by atoms with E-state index >= 15 is 0 Å². The van der Waals surface area contributed by atoms with Crippen molar-refractivity contribution < 1.29 is 9.53 Å². The van der Waals surface area contributed by atoms with Gasteiger partial charge in [-0.1, -0.05) is 42.5 Å². The summed E-state index contributed by atoms with van der Waals surface area (Å²) in [5.41, 5.74) is 3.47. The van der Waals surface area contributed by atoms with Gasteiger partial charge in [0.25, 0.3) is 0 Å². The molecule has 1 aromatic heterocycles. The Morgan fingerprint density at radius 2 is 1.77 bits per heavy atom. The molecule has 0 spiro atoms. The van der Waals surface area contributed by atoms with Gasteiger partial charge >= 0.3 is 5.97 Å². The standard InChI is InChI=1S/C19H21NO2/c1-14-8-9-15(2)20(14)18-11-10-17(12-18)19(21)22-13-16-6-4-3-5-7-16/h3-11,17-18H,12-13H2,1-2H3/t17-,18?/m1/s1. The van der Waals surface area contributed by atoms with Gasteiger partial charge < -0.3 is 9.30 Å². The largest absolute Gasteiger partial charge is 0.460 e. The first-order chi connectivity index (χ1) is 10.6. The molecule has 1 aromatic carbocycles. The highest BCUT2D eigenvalue weighted by Crippen LogP contribution is 2.31. The predicted octanol–water partition coefficient (Wildman–Crippen LogP) is 3.97. The maximum absolute atomic E-state index is 12.2. The van der Waals surface area contributed by atoms with Crippen LogP contribution in [0.15, 0.2) is 54.6 Å². The van der Waals surface area contributed by atoms with Crippen molar-refractivity contribution in [2.24, 2.45) is 5.92 Å². The fourth-order valence-corrected chi connectivity index (χ4v) is 3.08. The van der Waals surface area contributed by atoms with Crippen LogP contribution < -0.4 is 0 Å². The third-order valence-corrected chi connectivity index (χ3v) is 4.25. The molecule has 0 bridgehead atoms. The number of aromatic nitrogens is 1. The molecule has 0 aliphatic heterocycles. The van der Waals surface area contributed by atoms with Crippen LogP contribution in [0.25, 0.3) is 0 Å².